The molecule has 3 heterocycles. The van der Waals surface area contributed by atoms with Gasteiger partial charge in [0.05, 0.1) is 24.3 Å². The summed E-state index contributed by atoms with van der Waals surface area (Å²) in [5.41, 5.74) is 7.89. The fourth-order valence-corrected chi connectivity index (χ4v) is 5.19. The second kappa shape index (κ2) is 9.12. The molecular formula is C22H24FN5O2S. The first-order valence-electron chi connectivity index (χ1n) is 10.4. The van der Waals surface area contributed by atoms with Crippen LogP contribution >= 0.6 is 11.3 Å². The Labute approximate surface area is 184 Å². The van der Waals surface area contributed by atoms with E-state index in [0.29, 0.717) is 32.5 Å². The van der Waals surface area contributed by atoms with Crippen LogP contribution in [-0.4, -0.2) is 51.8 Å². The fourth-order valence-electron chi connectivity index (χ4n) is 4.06. The third-order valence-electron chi connectivity index (χ3n) is 5.85. The Balaban J connectivity index is 1.33. The predicted octanol–water partition coefficient (Wildman–Crippen LogP) is 2.46. The van der Waals surface area contributed by atoms with Crippen LogP contribution in [0.15, 0.2) is 24.3 Å². The molecule has 31 heavy (non-hydrogen) atoms. The van der Waals surface area contributed by atoms with Crippen LogP contribution in [0, 0.1) is 17.1 Å². The lowest BCUT2D eigenvalue weighted by Gasteiger charge is -2.27. The molecule has 1 aromatic carbocycles. The summed E-state index contributed by atoms with van der Waals surface area (Å²) in [6, 6.07) is 7.21. The van der Waals surface area contributed by atoms with Crippen molar-refractivity contribution < 1.29 is 14.0 Å². The molecule has 2 aliphatic heterocycles. The quantitative estimate of drug-likeness (QED) is 0.768. The SMILES string of the molecule is N#C[C@@H]1CCCN1C(=O)[C@@H](N)CCC(=O)N1CCc2nc(-c3ccc(F)cc3)sc2C1. The summed E-state index contributed by atoms with van der Waals surface area (Å²) < 4.78 is 13.2. The topological polar surface area (TPSA) is 103 Å². The van der Waals surface area contributed by atoms with Gasteiger partial charge in [-0.25, -0.2) is 9.37 Å². The number of likely N-dealkylation sites (tertiary alicyclic amines) is 1. The second-order valence-corrected chi connectivity index (χ2v) is 9.01. The zero-order chi connectivity index (χ0) is 22.0. The number of carbonyl (C=O) groups excluding carboxylic acids is 2. The van der Waals surface area contributed by atoms with E-state index in [9.17, 15) is 14.0 Å². The number of thiazole rings is 1. The van der Waals surface area contributed by atoms with Gasteiger partial charge in [-0.1, -0.05) is 0 Å². The van der Waals surface area contributed by atoms with Gasteiger partial charge in [-0.3, -0.25) is 9.59 Å². The number of amides is 2. The van der Waals surface area contributed by atoms with Crippen molar-refractivity contribution in [2.45, 2.75) is 50.7 Å². The molecule has 0 aliphatic carbocycles. The van der Waals surface area contributed by atoms with E-state index in [-0.39, 0.29) is 30.5 Å². The Morgan fingerprint density at radius 3 is 2.84 bits per heavy atom. The molecule has 7 nitrogen and oxygen atoms in total. The maximum atomic E-state index is 13.2. The molecule has 2 N–H and O–H groups in total. The summed E-state index contributed by atoms with van der Waals surface area (Å²) in [5.74, 6) is -0.570. The molecule has 2 amide bonds. The Kier molecular flexibility index (Phi) is 6.30. The van der Waals surface area contributed by atoms with Crippen LogP contribution in [0.1, 0.15) is 36.3 Å². The first-order valence-corrected chi connectivity index (χ1v) is 11.3. The van der Waals surface area contributed by atoms with Gasteiger partial charge in [-0.05, 0) is 43.5 Å². The standard InChI is InChI=1S/C22H24FN5O2S/c23-15-5-3-14(4-6-15)21-26-18-9-11-27(13-19(18)31-21)20(29)8-7-17(25)22(30)28-10-1-2-16(28)12-24/h3-6,16-17H,1-2,7-11,13,25H2/t16-,17-/m0/s1. The molecule has 162 valence electrons. The lowest BCUT2D eigenvalue weighted by molar-refractivity contribution is -0.134. The molecule has 9 heteroatoms. The van der Waals surface area contributed by atoms with Crippen LogP contribution in [0.4, 0.5) is 4.39 Å². The minimum Gasteiger partial charge on any atom is -0.337 e. The average Bonchev–Trinajstić information content (AvgIpc) is 3.43. The number of benzene rings is 1. The minimum atomic E-state index is -0.772. The van der Waals surface area contributed by atoms with Crippen LogP contribution in [0.2, 0.25) is 0 Å². The highest BCUT2D eigenvalue weighted by Crippen LogP contribution is 2.32. The van der Waals surface area contributed by atoms with E-state index in [1.54, 1.807) is 17.0 Å². The van der Waals surface area contributed by atoms with Crippen molar-refractivity contribution in [3.05, 3.63) is 40.7 Å². The number of nitrogens with zero attached hydrogens (tertiary/aromatic N) is 4. The molecule has 0 bridgehead atoms. The Morgan fingerprint density at radius 1 is 1.32 bits per heavy atom. The van der Waals surface area contributed by atoms with Gasteiger partial charge in [0.25, 0.3) is 0 Å². The third-order valence-corrected chi connectivity index (χ3v) is 6.98. The molecule has 0 unspecified atom stereocenters. The number of carbonyl (C=O) groups is 2. The number of nitriles is 1. The van der Waals surface area contributed by atoms with Crippen LogP contribution in [0.3, 0.4) is 0 Å². The second-order valence-electron chi connectivity index (χ2n) is 7.93. The molecule has 0 radical (unpaired) electrons. The van der Waals surface area contributed by atoms with Gasteiger partial charge >= 0.3 is 0 Å². The number of hydrogen-bond donors (Lipinski definition) is 1. The molecule has 0 spiro atoms. The van der Waals surface area contributed by atoms with E-state index in [0.717, 1.165) is 27.6 Å². The lowest BCUT2D eigenvalue weighted by atomic mass is 10.1. The van der Waals surface area contributed by atoms with Gasteiger partial charge in [-0.2, -0.15) is 5.26 Å². The molecule has 2 aliphatic rings. The number of halogens is 1. The van der Waals surface area contributed by atoms with E-state index in [1.807, 2.05) is 0 Å². The zero-order valence-corrected chi connectivity index (χ0v) is 17.9. The molecule has 1 saturated heterocycles. The smallest absolute Gasteiger partial charge is 0.240 e. The summed E-state index contributed by atoms with van der Waals surface area (Å²) in [4.78, 5) is 34.3. The van der Waals surface area contributed by atoms with Crippen molar-refractivity contribution >= 4 is 23.2 Å². The largest absolute Gasteiger partial charge is 0.337 e. The summed E-state index contributed by atoms with van der Waals surface area (Å²) >= 11 is 1.52. The molecule has 0 saturated carbocycles. The number of rotatable bonds is 5. The van der Waals surface area contributed by atoms with E-state index in [1.165, 1.54) is 28.4 Å². The third kappa shape index (κ3) is 4.60. The highest BCUT2D eigenvalue weighted by molar-refractivity contribution is 7.15. The van der Waals surface area contributed by atoms with Crippen LogP contribution in [-0.2, 0) is 22.6 Å². The van der Waals surface area contributed by atoms with E-state index in [2.05, 4.69) is 11.1 Å². The zero-order valence-electron chi connectivity index (χ0n) is 17.1. The van der Waals surface area contributed by atoms with Crippen molar-refractivity contribution in [1.29, 1.82) is 5.26 Å². The summed E-state index contributed by atoms with van der Waals surface area (Å²) in [6.45, 7) is 1.61. The Bertz CT molecular complexity index is 1020. The van der Waals surface area contributed by atoms with Crippen molar-refractivity contribution in [3.8, 4) is 16.6 Å². The van der Waals surface area contributed by atoms with E-state index >= 15 is 0 Å². The van der Waals surface area contributed by atoms with Crippen molar-refractivity contribution in [1.82, 2.24) is 14.8 Å². The molecular weight excluding hydrogens is 417 g/mol. The van der Waals surface area contributed by atoms with Crippen molar-refractivity contribution in [2.24, 2.45) is 5.73 Å². The van der Waals surface area contributed by atoms with Crippen molar-refractivity contribution in [3.63, 3.8) is 0 Å². The number of aromatic nitrogens is 1. The lowest BCUT2D eigenvalue weighted by Crippen LogP contribution is -2.46. The average molecular weight is 442 g/mol. The van der Waals surface area contributed by atoms with Crippen LogP contribution in [0.5, 0.6) is 0 Å². The van der Waals surface area contributed by atoms with Gasteiger partial charge in [-0.15, -0.1) is 11.3 Å². The van der Waals surface area contributed by atoms with Crippen molar-refractivity contribution in [2.75, 3.05) is 13.1 Å². The van der Waals surface area contributed by atoms with Gasteiger partial charge in [0, 0.05) is 36.4 Å². The van der Waals surface area contributed by atoms with E-state index in [4.69, 9.17) is 11.0 Å². The molecule has 1 fully saturated rings. The Morgan fingerprint density at radius 2 is 2.10 bits per heavy atom. The Hall–Kier alpha value is -2.83. The first kappa shape index (κ1) is 21.4. The number of hydrogen-bond acceptors (Lipinski definition) is 6. The summed E-state index contributed by atoms with van der Waals surface area (Å²) in [7, 11) is 0. The van der Waals surface area contributed by atoms with Gasteiger partial charge in [0.1, 0.15) is 16.9 Å². The molecule has 2 aromatic rings. The maximum Gasteiger partial charge on any atom is 0.240 e. The minimum absolute atomic E-state index is 0.0381. The van der Waals surface area contributed by atoms with Gasteiger partial charge in [0.2, 0.25) is 11.8 Å². The predicted molar refractivity (Wildman–Crippen MR) is 114 cm³/mol. The monoisotopic (exact) mass is 441 g/mol. The van der Waals surface area contributed by atoms with E-state index < -0.39 is 12.1 Å². The van der Waals surface area contributed by atoms with Crippen LogP contribution < -0.4 is 5.73 Å². The molecule has 1 aromatic heterocycles. The van der Waals surface area contributed by atoms with Gasteiger partial charge in [0.15, 0.2) is 0 Å². The summed E-state index contributed by atoms with van der Waals surface area (Å²) in [6.07, 6.45) is 2.61. The highest BCUT2D eigenvalue weighted by Gasteiger charge is 2.32. The highest BCUT2D eigenvalue weighted by atomic mass is 32.1. The number of nitrogens with two attached hydrogens (primary N) is 1. The fraction of sp³-hybridized carbons (Fsp3) is 0.455. The maximum absolute atomic E-state index is 13.2. The number of fused-ring (bicyclic) bond motifs is 1. The first-order chi connectivity index (χ1) is 15.0. The molecule has 2 atom stereocenters. The summed E-state index contributed by atoms with van der Waals surface area (Å²) in [5, 5.41) is 9.98. The molecule has 4 rings (SSSR count). The normalized spacial score (nSPS) is 19.1. The van der Waals surface area contributed by atoms with Gasteiger partial charge < -0.3 is 15.5 Å². The van der Waals surface area contributed by atoms with Crippen LogP contribution in [0.25, 0.3) is 10.6 Å².